The first kappa shape index (κ1) is 20.5. The monoisotopic (exact) mass is 424 g/mol. The second-order valence-corrected chi connectivity index (χ2v) is 9.50. The smallest absolute Gasteiger partial charge is 0.227 e. The maximum absolute atomic E-state index is 13.1. The first-order valence-corrected chi connectivity index (χ1v) is 11.3. The van der Waals surface area contributed by atoms with Gasteiger partial charge in [0, 0.05) is 25.7 Å². The van der Waals surface area contributed by atoms with E-state index < -0.39 is 0 Å². The number of hydrogen-bond donors (Lipinski definition) is 0. The molecule has 4 rings (SSSR count). The molecule has 1 saturated carbocycles. The summed E-state index contributed by atoms with van der Waals surface area (Å²) in [6.07, 6.45) is 8.36. The van der Waals surface area contributed by atoms with Crippen LogP contribution in [-0.2, 0) is 16.0 Å². The number of carbonyl (C=O) groups is 1. The van der Waals surface area contributed by atoms with Gasteiger partial charge in [-0.25, -0.2) is 0 Å². The van der Waals surface area contributed by atoms with Crippen LogP contribution in [0.25, 0.3) is 0 Å². The summed E-state index contributed by atoms with van der Waals surface area (Å²) in [5, 5.41) is 1.03. The van der Waals surface area contributed by atoms with Crippen LogP contribution in [0.2, 0.25) is 10.0 Å². The maximum Gasteiger partial charge on any atom is 0.227 e. The van der Waals surface area contributed by atoms with Gasteiger partial charge in [-0.2, -0.15) is 0 Å². The summed E-state index contributed by atoms with van der Waals surface area (Å²) in [6.45, 7) is 3.18. The van der Waals surface area contributed by atoms with Crippen molar-refractivity contribution >= 4 is 29.1 Å². The lowest BCUT2D eigenvalue weighted by molar-refractivity contribution is -0.136. The van der Waals surface area contributed by atoms with E-state index in [9.17, 15) is 4.79 Å². The van der Waals surface area contributed by atoms with Gasteiger partial charge in [-0.05, 0) is 75.7 Å². The Hall–Kier alpha value is -0.810. The predicted octanol–water partition coefficient (Wildman–Crippen LogP) is 4.56. The molecular formula is C22H30Cl2N2O2. The molecule has 3 atom stereocenters. The van der Waals surface area contributed by atoms with E-state index >= 15 is 0 Å². The van der Waals surface area contributed by atoms with E-state index in [0.717, 1.165) is 44.5 Å². The number of benzene rings is 1. The highest BCUT2D eigenvalue weighted by Crippen LogP contribution is 2.43. The van der Waals surface area contributed by atoms with Crippen molar-refractivity contribution in [2.45, 2.75) is 69.1 Å². The third-order valence-corrected chi connectivity index (χ3v) is 7.68. The van der Waals surface area contributed by atoms with Gasteiger partial charge in [0.1, 0.15) is 0 Å². The highest BCUT2D eigenvalue weighted by Gasteiger charge is 2.47. The fraction of sp³-hybridized carbons (Fsp3) is 0.682. The molecule has 1 aromatic carbocycles. The zero-order valence-corrected chi connectivity index (χ0v) is 18.1. The van der Waals surface area contributed by atoms with Crippen LogP contribution in [0.15, 0.2) is 18.2 Å². The molecule has 0 bridgehead atoms. The van der Waals surface area contributed by atoms with Crippen molar-refractivity contribution in [2.24, 2.45) is 0 Å². The molecule has 0 radical (unpaired) electrons. The van der Waals surface area contributed by atoms with Crippen molar-refractivity contribution in [3.63, 3.8) is 0 Å². The topological polar surface area (TPSA) is 32.8 Å². The van der Waals surface area contributed by atoms with Crippen LogP contribution < -0.4 is 0 Å². The lowest BCUT2D eigenvalue weighted by Crippen LogP contribution is -2.58. The number of halogens is 2. The van der Waals surface area contributed by atoms with Gasteiger partial charge in [0.2, 0.25) is 5.91 Å². The molecule has 154 valence electrons. The minimum atomic E-state index is 0.0529. The molecule has 2 saturated heterocycles. The summed E-state index contributed by atoms with van der Waals surface area (Å²) in [6, 6.07) is 6.11. The standard InChI is InChI=1S/C22H30Cl2N2O2/c1-25(21(27)14-16-5-6-17(23)18(24)13-16)19-7-9-22(8-4-12-28-22)15-20(19)26-10-2-3-11-26/h5-6,13,19-20H,2-4,7-12,14-15H2,1H3/t19?,20?,22-/m0/s1. The maximum atomic E-state index is 13.1. The van der Waals surface area contributed by atoms with Crippen molar-refractivity contribution in [3.05, 3.63) is 33.8 Å². The fourth-order valence-electron chi connectivity index (χ4n) is 5.37. The summed E-state index contributed by atoms with van der Waals surface area (Å²) in [5.41, 5.74) is 0.965. The van der Waals surface area contributed by atoms with Crippen LogP contribution in [0.3, 0.4) is 0 Å². The number of likely N-dealkylation sites (tertiary alicyclic amines) is 1. The lowest BCUT2D eigenvalue weighted by Gasteiger charge is -2.48. The Balaban J connectivity index is 1.48. The van der Waals surface area contributed by atoms with E-state index in [1.165, 1.54) is 25.7 Å². The Morgan fingerprint density at radius 3 is 2.68 bits per heavy atom. The number of likely N-dealkylation sites (N-methyl/N-ethyl adjacent to an activating group) is 1. The fourth-order valence-corrected chi connectivity index (χ4v) is 5.69. The zero-order chi connectivity index (χ0) is 19.7. The van der Waals surface area contributed by atoms with Gasteiger partial charge in [0.25, 0.3) is 0 Å². The van der Waals surface area contributed by atoms with Crippen molar-refractivity contribution in [2.75, 3.05) is 26.7 Å². The van der Waals surface area contributed by atoms with Gasteiger partial charge >= 0.3 is 0 Å². The molecule has 3 aliphatic rings. The lowest BCUT2D eigenvalue weighted by atomic mass is 9.76. The molecule has 3 fully saturated rings. The molecule has 4 nitrogen and oxygen atoms in total. The van der Waals surface area contributed by atoms with Crippen molar-refractivity contribution in [1.82, 2.24) is 9.80 Å². The molecule has 28 heavy (non-hydrogen) atoms. The van der Waals surface area contributed by atoms with Crippen LogP contribution in [0.5, 0.6) is 0 Å². The van der Waals surface area contributed by atoms with Crippen LogP contribution in [0, 0.1) is 0 Å². The molecule has 1 aromatic rings. The van der Waals surface area contributed by atoms with Gasteiger partial charge in [-0.3, -0.25) is 9.69 Å². The first-order valence-electron chi connectivity index (χ1n) is 10.6. The third kappa shape index (κ3) is 4.21. The molecule has 6 heteroatoms. The number of nitrogens with zero attached hydrogens (tertiary/aromatic N) is 2. The van der Waals surface area contributed by atoms with Crippen LogP contribution in [0.1, 0.15) is 50.5 Å². The molecule has 2 unspecified atom stereocenters. The van der Waals surface area contributed by atoms with Crippen molar-refractivity contribution in [1.29, 1.82) is 0 Å². The van der Waals surface area contributed by atoms with Gasteiger partial charge < -0.3 is 9.64 Å². The third-order valence-electron chi connectivity index (χ3n) is 6.95. The molecule has 2 aliphatic heterocycles. The summed E-state index contributed by atoms with van der Waals surface area (Å²) < 4.78 is 6.22. The second kappa shape index (κ2) is 8.51. The summed E-state index contributed by atoms with van der Waals surface area (Å²) in [4.78, 5) is 17.7. The van der Waals surface area contributed by atoms with Crippen molar-refractivity contribution < 1.29 is 9.53 Å². The van der Waals surface area contributed by atoms with E-state index in [-0.39, 0.29) is 17.6 Å². The van der Waals surface area contributed by atoms with E-state index in [1.807, 2.05) is 18.0 Å². The second-order valence-electron chi connectivity index (χ2n) is 8.69. The predicted molar refractivity (Wildman–Crippen MR) is 113 cm³/mol. The van der Waals surface area contributed by atoms with Gasteiger partial charge in [0.05, 0.1) is 22.1 Å². The van der Waals surface area contributed by atoms with E-state index in [1.54, 1.807) is 12.1 Å². The van der Waals surface area contributed by atoms with E-state index in [2.05, 4.69) is 4.90 Å². The number of hydrogen-bond acceptors (Lipinski definition) is 3. The first-order chi connectivity index (χ1) is 13.5. The molecule has 0 N–H and O–H groups in total. The molecule has 1 spiro atoms. The minimum Gasteiger partial charge on any atom is -0.375 e. The Morgan fingerprint density at radius 2 is 2.00 bits per heavy atom. The van der Waals surface area contributed by atoms with Crippen LogP contribution in [0.4, 0.5) is 0 Å². The van der Waals surface area contributed by atoms with E-state index in [0.29, 0.717) is 22.5 Å². The summed E-state index contributed by atoms with van der Waals surface area (Å²) in [5.74, 6) is 0.149. The Bertz CT molecular complexity index is 714. The average Bonchev–Trinajstić information content (AvgIpc) is 3.37. The molecule has 1 amide bonds. The molecule has 0 aromatic heterocycles. The minimum absolute atomic E-state index is 0.0529. The van der Waals surface area contributed by atoms with Gasteiger partial charge in [0.15, 0.2) is 0 Å². The normalized spacial score (nSPS) is 30.8. The quantitative estimate of drug-likeness (QED) is 0.709. The van der Waals surface area contributed by atoms with Gasteiger partial charge in [-0.15, -0.1) is 0 Å². The largest absolute Gasteiger partial charge is 0.375 e. The zero-order valence-electron chi connectivity index (χ0n) is 16.6. The van der Waals surface area contributed by atoms with Gasteiger partial charge in [-0.1, -0.05) is 29.3 Å². The van der Waals surface area contributed by atoms with Crippen molar-refractivity contribution in [3.8, 4) is 0 Å². The van der Waals surface area contributed by atoms with Crippen LogP contribution in [-0.4, -0.2) is 60.1 Å². The highest BCUT2D eigenvalue weighted by molar-refractivity contribution is 6.42. The Kier molecular flexibility index (Phi) is 6.22. The number of rotatable bonds is 4. The SMILES string of the molecule is CN(C(=O)Cc1ccc(Cl)c(Cl)c1)C1CC[C@@]2(CCCO2)CC1N1CCCC1. The highest BCUT2D eigenvalue weighted by atomic mass is 35.5. The number of carbonyl (C=O) groups excluding carboxylic acids is 1. The molecule has 1 aliphatic carbocycles. The van der Waals surface area contributed by atoms with Crippen LogP contribution >= 0.6 is 23.2 Å². The van der Waals surface area contributed by atoms with E-state index in [4.69, 9.17) is 27.9 Å². The average molecular weight is 425 g/mol. The Labute approximate surface area is 178 Å². The Morgan fingerprint density at radius 1 is 1.21 bits per heavy atom. The molecular weight excluding hydrogens is 395 g/mol. The number of amides is 1. The summed E-state index contributed by atoms with van der Waals surface area (Å²) in [7, 11) is 1.97. The summed E-state index contributed by atoms with van der Waals surface area (Å²) >= 11 is 12.1. The molecule has 2 heterocycles. The number of ether oxygens (including phenoxy) is 1.